The second kappa shape index (κ2) is 3.89. The lowest BCUT2D eigenvalue weighted by molar-refractivity contribution is -0.137. The monoisotopic (exact) mass is 128 g/mol. The highest BCUT2D eigenvalue weighted by atomic mass is 16.5. The zero-order valence-electron chi connectivity index (χ0n) is 5.52. The molecule has 0 saturated carbocycles. The second-order valence-electron chi connectivity index (χ2n) is 1.67. The van der Waals surface area contributed by atoms with Gasteiger partial charge in [0.2, 0.25) is 0 Å². The summed E-state index contributed by atoms with van der Waals surface area (Å²) < 4.78 is 4.60. The summed E-state index contributed by atoms with van der Waals surface area (Å²) in [7, 11) is 0. The van der Waals surface area contributed by atoms with Gasteiger partial charge >= 0.3 is 5.97 Å². The molecule has 0 saturated heterocycles. The number of ether oxygens (including phenoxy) is 1. The predicted octanol–water partition coefficient (Wildman–Crippen LogP) is 1.29. The van der Waals surface area contributed by atoms with Crippen molar-refractivity contribution in [3.8, 4) is 0 Å². The van der Waals surface area contributed by atoms with Crippen LogP contribution in [-0.4, -0.2) is 12.6 Å². The van der Waals surface area contributed by atoms with E-state index in [0.717, 1.165) is 0 Å². The van der Waals surface area contributed by atoms with Gasteiger partial charge in [-0.15, -0.1) is 0 Å². The minimum atomic E-state index is -0.366. The Balaban J connectivity index is 3.51. The Morgan fingerprint density at radius 2 is 2.44 bits per heavy atom. The van der Waals surface area contributed by atoms with Crippen molar-refractivity contribution in [1.29, 1.82) is 0 Å². The van der Waals surface area contributed by atoms with E-state index in [2.05, 4.69) is 17.9 Å². The van der Waals surface area contributed by atoms with Crippen molar-refractivity contribution < 1.29 is 9.53 Å². The number of carbonyl (C=O) groups is 1. The van der Waals surface area contributed by atoms with Crippen LogP contribution in [0.15, 0.2) is 24.8 Å². The van der Waals surface area contributed by atoms with Gasteiger partial charge in [0.1, 0.15) is 6.61 Å². The number of carbonyl (C=O) groups excluding carboxylic acids is 1. The molecule has 0 spiro atoms. The average Bonchev–Trinajstić information content (AvgIpc) is 1.82. The Labute approximate surface area is 54.8 Å². The van der Waals surface area contributed by atoms with Crippen molar-refractivity contribution in [2.75, 3.05) is 6.61 Å². The van der Waals surface area contributed by atoms with Crippen molar-refractivity contribution in [2.24, 2.45) is 0 Å². The number of hydrogen-bond donors (Lipinski definition) is 0. The van der Waals surface area contributed by atoms with Gasteiger partial charge < -0.3 is 4.74 Å². The van der Waals surface area contributed by atoms with Gasteiger partial charge in [-0.3, -0.25) is 0 Å². The molecule has 0 atom stereocenters. The second-order valence-corrected chi connectivity index (χ2v) is 1.67. The van der Waals surface area contributed by atoms with E-state index in [1.54, 1.807) is 6.92 Å². The predicted molar refractivity (Wildman–Crippen MR) is 36.0 cm³/mol. The average molecular weight is 128 g/mol. The van der Waals surface area contributed by atoms with Gasteiger partial charge in [-0.05, 0) is 6.92 Å². The Hall–Kier alpha value is -1.05. The molecule has 2 nitrogen and oxygen atoms in total. The minimum absolute atomic E-state index is 0.256. The fourth-order valence-electron chi connectivity index (χ4n) is 0.258. The van der Waals surface area contributed by atoms with Crippen molar-refractivity contribution >= 4 is 5.97 Å². The van der Waals surface area contributed by atoms with Crippen LogP contribution in [0.4, 0.5) is 0 Å². The van der Waals surface area contributed by atoms with Crippen LogP contribution < -0.4 is 0 Å². The van der Waals surface area contributed by atoms with Crippen LogP contribution >= 0.6 is 0 Å². The van der Waals surface area contributed by atoms with Crippen molar-refractivity contribution in [3.05, 3.63) is 24.8 Å². The van der Waals surface area contributed by atoms with Gasteiger partial charge in [0.25, 0.3) is 0 Å². The molecule has 0 fully saturated rings. The fraction of sp³-hybridized carbons (Fsp3) is 0.286. The fourth-order valence-corrected chi connectivity index (χ4v) is 0.258. The van der Waals surface area contributed by atoms with Crippen LogP contribution in [0.3, 0.4) is 0 Å². The van der Waals surface area contributed by atoms with Crippen molar-refractivity contribution in [2.45, 2.75) is 6.92 Å². The SMILES string of the molecule is C=CCOC(=O)[14C](=C)C. The van der Waals surface area contributed by atoms with Crippen LogP contribution in [-0.2, 0) is 9.53 Å². The molecule has 0 aromatic rings. The Kier molecular flexibility index (Phi) is 3.44. The molecule has 0 aromatic carbocycles. The number of esters is 1. The van der Waals surface area contributed by atoms with Gasteiger partial charge in [0.15, 0.2) is 0 Å². The molecular weight excluding hydrogens is 118 g/mol. The van der Waals surface area contributed by atoms with Crippen LogP contribution in [0.25, 0.3) is 0 Å². The summed E-state index contributed by atoms with van der Waals surface area (Å²) >= 11 is 0. The molecule has 0 radical (unpaired) electrons. The lowest BCUT2D eigenvalue weighted by Crippen LogP contribution is -2.03. The Morgan fingerprint density at radius 1 is 1.89 bits per heavy atom. The Morgan fingerprint density at radius 3 is 2.78 bits per heavy atom. The first-order valence-corrected chi connectivity index (χ1v) is 2.62. The lowest BCUT2D eigenvalue weighted by Gasteiger charge is -1.97. The van der Waals surface area contributed by atoms with Gasteiger partial charge in [0, 0.05) is 5.57 Å². The van der Waals surface area contributed by atoms with Gasteiger partial charge in [0.05, 0.1) is 0 Å². The number of rotatable bonds is 3. The molecule has 9 heavy (non-hydrogen) atoms. The van der Waals surface area contributed by atoms with Crippen LogP contribution in [0.5, 0.6) is 0 Å². The molecule has 0 aliphatic carbocycles. The van der Waals surface area contributed by atoms with E-state index in [1.807, 2.05) is 0 Å². The highest BCUT2D eigenvalue weighted by Crippen LogP contribution is 1.90. The molecule has 0 heterocycles. The first kappa shape index (κ1) is 7.95. The molecule has 50 valence electrons. The minimum Gasteiger partial charge on any atom is -0.458 e. The smallest absolute Gasteiger partial charge is 0.333 e. The molecule has 0 N–H and O–H groups in total. The maximum atomic E-state index is 10.5. The molecule has 2 heteroatoms. The van der Waals surface area contributed by atoms with Crippen LogP contribution in [0.2, 0.25) is 0 Å². The molecule has 0 aromatic heterocycles. The van der Waals surface area contributed by atoms with Gasteiger partial charge in [-0.2, -0.15) is 0 Å². The maximum Gasteiger partial charge on any atom is 0.333 e. The third-order valence-corrected chi connectivity index (χ3v) is 0.681. The summed E-state index contributed by atoms with van der Waals surface area (Å²) in [6.45, 7) is 8.64. The standard InChI is InChI=1S/C7H10O2/c1-4-5-9-7(8)6(2)3/h4H,1-2,5H2,3H3/i6+2. The van der Waals surface area contributed by atoms with Gasteiger partial charge in [-0.1, -0.05) is 19.2 Å². The maximum absolute atomic E-state index is 10.5. The van der Waals surface area contributed by atoms with E-state index in [1.165, 1.54) is 6.08 Å². The zero-order chi connectivity index (χ0) is 7.28. The van der Waals surface area contributed by atoms with E-state index in [4.69, 9.17) is 0 Å². The molecule has 0 rings (SSSR count). The third kappa shape index (κ3) is 3.53. The summed E-state index contributed by atoms with van der Waals surface area (Å²) in [6.07, 6.45) is 1.51. The topological polar surface area (TPSA) is 26.3 Å². The highest BCUT2D eigenvalue weighted by molar-refractivity contribution is 5.86. The summed E-state index contributed by atoms with van der Waals surface area (Å²) in [6, 6.07) is 0. The third-order valence-electron chi connectivity index (χ3n) is 0.681. The summed E-state index contributed by atoms with van der Waals surface area (Å²) in [4.78, 5) is 10.5. The van der Waals surface area contributed by atoms with E-state index in [-0.39, 0.29) is 12.6 Å². The molecule has 0 unspecified atom stereocenters. The van der Waals surface area contributed by atoms with E-state index in [9.17, 15) is 4.79 Å². The van der Waals surface area contributed by atoms with Crippen LogP contribution in [0.1, 0.15) is 6.92 Å². The Bertz CT molecular complexity index is 136. The first-order valence-electron chi connectivity index (χ1n) is 2.62. The number of hydrogen-bond acceptors (Lipinski definition) is 2. The van der Waals surface area contributed by atoms with Crippen LogP contribution in [0, 0.1) is 0 Å². The van der Waals surface area contributed by atoms with Crippen molar-refractivity contribution in [3.63, 3.8) is 0 Å². The molecular formula is C7H10O2. The first-order chi connectivity index (χ1) is 4.18. The molecule has 0 bridgehead atoms. The quantitative estimate of drug-likeness (QED) is 0.325. The molecule has 0 aliphatic heterocycles. The van der Waals surface area contributed by atoms with Crippen molar-refractivity contribution in [1.82, 2.24) is 0 Å². The molecule has 0 amide bonds. The highest BCUT2D eigenvalue weighted by Gasteiger charge is 1.98. The lowest BCUT2D eigenvalue weighted by atomic mass is 10.7. The van der Waals surface area contributed by atoms with E-state index >= 15 is 0 Å². The summed E-state index contributed by atoms with van der Waals surface area (Å²) in [5.41, 5.74) is 0.414. The zero-order valence-corrected chi connectivity index (χ0v) is 5.52. The summed E-state index contributed by atoms with van der Waals surface area (Å²) in [5, 5.41) is 0. The molecule has 0 aliphatic rings. The summed E-state index contributed by atoms with van der Waals surface area (Å²) in [5.74, 6) is -0.366. The van der Waals surface area contributed by atoms with Gasteiger partial charge in [-0.25, -0.2) is 4.79 Å². The largest absolute Gasteiger partial charge is 0.458 e. The van der Waals surface area contributed by atoms with E-state index in [0.29, 0.717) is 5.57 Å². The normalized spacial score (nSPS) is 8.11. The van der Waals surface area contributed by atoms with E-state index < -0.39 is 0 Å².